The topological polar surface area (TPSA) is 55.1 Å². The van der Waals surface area contributed by atoms with E-state index in [2.05, 4.69) is 9.72 Å². The molecule has 1 heterocycles. The molecule has 0 saturated heterocycles. The zero-order valence-electron chi connectivity index (χ0n) is 13.9. The van der Waals surface area contributed by atoms with Crippen molar-refractivity contribution in [3.05, 3.63) is 78.0 Å². The summed E-state index contributed by atoms with van der Waals surface area (Å²) in [6.07, 6.45) is -3.31. The Kier molecular flexibility index (Phi) is 5.27. The SMILES string of the molecule is N#Cc1cc(OC(F)(F)F)ccc1-c1ccc(OCc2ccccc2)nc1. The van der Waals surface area contributed by atoms with Crippen LogP contribution in [0.2, 0.25) is 0 Å². The first-order chi connectivity index (χ1) is 12.9. The minimum Gasteiger partial charge on any atom is -0.473 e. The van der Waals surface area contributed by atoms with Gasteiger partial charge in [0.15, 0.2) is 0 Å². The monoisotopic (exact) mass is 370 g/mol. The molecule has 3 rings (SSSR count). The van der Waals surface area contributed by atoms with Crippen molar-refractivity contribution in [2.24, 2.45) is 0 Å². The minimum atomic E-state index is -4.81. The van der Waals surface area contributed by atoms with E-state index in [9.17, 15) is 18.4 Å². The molecule has 0 aliphatic heterocycles. The van der Waals surface area contributed by atoms with Gasteiger partial charge in [0.25, 0.3) is 0 Å². The molecule has 0 radical (unpaired) electrons. The summed E-state index contributed by atoms with van der Waals surface area (Å²) in [5.41, 5.74) is 2.08. The van der Waals surface area contributed by atoms with E-state index in [-0.39, 0.29) is 5.56 Å². The van der Waals surface area contributed by atoms with Gasteiger partial charge in [0, 0.05) is 23.4 Å². The molecule has 0 saturated carbocycles. The maximum atomic E-state index is 12.3. The molecular weight excluding hydrogens is 357 g/mol. The summed E-state index contributed by atoms with van der Waals surface area (Å²) < 4.78 is 46.4. The van der Waals surface area contributed by atoms with Crippen LogP contribution in [0.1, 0.15) is 11.1 Å². The molecule has 4 nitrogen and oxygen atoms in total. The number of hydrogen-bond donors (Lipinski definition) is 0. The van der Waals surface area contributed by atoms with Crippen LogP contribution in [-0.2, 0) is 6.61 Å². The zero-order valence-corrected chi connectivity index (χ0v) is 13.9. The van der Waals surface area contributed by atoms with E-state index >= 15 is 0 Å². The number of aromatic nitrogens is 1. The highest BCUT2D eigenvalue weighted by Crippen LogP contribution is 2.30. The molecule has 7 heteroatoms. The van der Waals surface area contributed by atoms with E-state index in [0.29, 0.717) is 23.6 Å². The van der Waals surface area contributed by atoms with E-state index in [1.807, 2.05) is 36.4 Å². The predicted molar refractivity (Wildman–Crippen MR) is 91.8 cm³/mol. The van der Waals surface area contributed by atoms with Gasteiger partial charge in [-0.2, -0.15) is 5.26 Å². The van der Waals surface area contributed by atoms with E-state index in [0.717, 1.165) is 17.7 Å². The average Bonchev–Trinajstić information content (AvgIpc) is 2.66. The normalized spacial score (nSPS) is 10.9. The third kappa shape index (κ3) is 4.98. The first-order valence-electron chi connectivity index (χ1n) is 7.88. The highest BCUT2D eigenvalue weighted by Gasteiger charge is 2.31. The number of ether oxygens (including phenoxy) is 2. The van der Waals surface area contributed by atoms with Gasteiger partial charge >= 0.3 is 6.36 Å². The van der Waals surface area contributed by atoms with Crippen LogP contribution in [0, 0.1) is 11.3 Å². The maximum absolute atomic E-state index is 12.3. The van der Waals surface area contributed by atoms with Crippen molar-refractivity contribution < 1.29 is 22.6 Å². The Morgan fingerprint density at radius 1 is 1.00 bits per heavy atom. The van der Waals surface area contributed by atoms with Crippen molar-refractivity contribution >= 4 is 0 Å². The lowest BCUT2D eigenvalue weighted by Crippen LogP contribution is -2.17. The quantitative estimate of drug-likeness (QED) is 0.627. The number of nitrogens with zero attached hydrogens (tertiary/aromatic N) is 2. The van der Waals surface area contributed by atoms with Crippen LogP contribution >= 0.6 is 0 Å². The maximum Gasteiger partial charge on any atom is 0.573 e. The number of rotatable bonds is 5. The molecule has 1 aromatic heterocycles. The Morgan fingerprint density at radius 2 is 1.78 bits per heavy atom. The van der Waals surface area contributed by atoms with Crippen LogP contribution in [0.15, 0.2) is 66.9 Å². The molecule has 0 atom stereocenters. The van der Waals surface area contributed by atoms with Gasteiger partial charge in [-0.1, -0.05) is 30.3 Å². The highest BCUT2D eigenvalue weighted by molar-refractivity contribution is 5.71. The Bertz CT molecular complexity index is 950. The predicted octanol–water partition coefficient (Wildman–Crippen LogP) is 5.10. The van der Waals surface area contributed by atoms with Crippen molar-refractivity contribution in [2.75, 3.05) is 0 Å². The fourth-order valence-corrected chi connectivity index (χ4v) is 2.42. The number of hydrogen-bond acceptors (Lipinski definition) is 4. The van der Waals surface area contributed by atoms with E-state index < -0.39 is 12.1 Å². The lowest BCUT2D eigenvalue weighted by Gasteiger charge is -2.11. The summed E-state index contributed by atoms with van der Waals surface area (Å²) in [5, 5.41) is 9.24. The van der Waals surface area contributed by atoms with Crippen LogP contribution in [-0.4, -0.2) is 11.3 Å². The van der Waals surface area contributed by atoms with Gasteiger partial charge in [0.05, 0.1) is 11.6 Å². The number of alkyl halides is 3. The number of halogens is 3. The fraction of sp³-hybridized carbons (Fsp3) is 0.100. The van der Waals surface area contributed by atoms with Crippen molar-refractivity contribution in [3.63, 3.8) is 0 Å². The molecule has 0 unspecified atom stereocenters. The number of pyridine rings is 1. The Labute approximate surface area is 153 Å². The van der Waals surface area contributed by atoms with Gasteiger partial charge < -0.3 is 9.47 Å². The van der Waals surface area contributed by atoms with Crippen molar-refractivity contribution in [1.29, 1.82) is 5.26 Å². The van der Waals surface area contributed by atoms with Crippen LogP contribution in [0.5, 0.6) is 11.6 Å². The van der Waals surface area contributed by atoms with Gasteiger partial charge in [-0.3, -0.25) is 0 Å². The minimum absolute atomic E-state index is 0.0523. The lowest BCUT2D eigenvalue weighted by molar-refractivity contribution is -0.274. The van der Waals surface area contributed by atoms with E-state index in [4.69, 9.17) is 4.74 Å². The molecule has 0 N–H and O–H groups in total. The Hall–Kier alpha value is -3.53. The summed E-state index contributed by atoms with van der Waals surface area (Å²) in [6, 6.07) is 18.4. The van der Waals surface area contributed by atoms with Gasteiger partial charge in [-0.05, 0) is 29.8 Å². The summed E-state index contributed by atoms with van der Waals surface area (Å²) in [4.78, 5) is 4.18. The van der Waals surface area contributed by atoms with Crippen LogP contribution < -0.4 is 9.47 Å². The second kappa shape index (κ2) is 7.79. The molecule has 2 aromatic carbocycles. The molecule has 3 aromatic rings. The van der Waals surface area contributed by atoms with Crippen molar-refractivity contribution in [2.45, 2.75) is 13.0 Å². The molecule has 0 fully saturated rings. The second-order valence-corrected chi connectivity index (χ2v) is 5.53. The van der Waals surface area contributed by atoms with Gasteiger partial charge in [-0.25, -0.2) is 4.98 Å². The molecule has 27 heavy (non-hydrogen) atoms. The first kappa shape index (κ1) is 18.3. The van der Waals surface area contributed by atoms with Gasteiger partial charge in [0.2, 0.25) is 5.88 Å². The molecule has 0 aliphatic carbocycles. The Balaban J connectivity index is 1.75. The summed E-state index contributed by atoms with van der Waals surface area (Å²) in [5.74, 6) is -0.0447. The van der Waals surface area contributed by atoms with Gasteiger partial charge in [0.1, 0.15) is 12.4 Å². The molecular formula is C20H13F3N2O2. The van der Waals surface area contributed by atoms with E-state index in [1.165, 1.54) is 12.3 Å². The summed E-state index contributed by atoms with van der Waals surface area (Å²) in [6.45, 7) is 0.361. The second-order valence-electron chi connectivity index (χ2n) is 5.53. The smallest absolute Gasteiger partial charge is 0.473 e. The molecule has 136 valence electrons. The number of nitriles is 1. The standard InChI is InChI=1S/C20H13F3N2O2/c21-20(22,23)27-17-7-8-18(16(10-17)11-24)15-6-9-19(25-12-15)26-13-14-4-2-1-3-5-14/h1-10,12H,13H2. The van der Waals surface area contributed by atoms with Crippen LogP contribution in [0.3, 0.4) is 0 Å². The summed E-state index contributed by atoms with van der Waals surface area (Å²) >= 11 is 0. The fourth-order valence-electron chi connectivity index (χ4n) is 2.42. The largest absolute Gasteiger partial charge is 0.573 e. The zero-order chi connectivity index (χ0) is 19.3. The summed E-state index contributed by atoms with van der Waals surface area (Å²) in [7, 11) is 0. The van der Waals surface area contributed by atoms with Crippen LogP contribution in [0.25, 0.3) is 11.1 Å². The van der Waals surface area contributed by atoms with E-state index in [1.54, 1.807) is 12.1 Å². The van der Waals surface area contributed by atoms with Crippen molar-refractivity contribution in [3.8, 4) is 28.8 Å². The lowest BCUT2D eigenvalue weighted by atomic mass is 10.0. The molecule has 0 amide bonds. The first-order valence-corrected chi connectivity index (χ1v) is 7.88. The highest BCUT2D eigenvalue weighted by atomic mass is 19.4. The Morgan fingerprint density at radius 3 is 2.41 bits per heavy atom. The molecule has 0 spiro atoms. The number of benzene rings is 2. The molecule has 0 aliphatic rings. The third-order valence-electron chi connectivity index (χ3n) is 3.62. The average molecular weight is 370 g/mol. The van der Waals surface area contributed by atoms with Gasteiger partial charge in [-0.15, -0.1) is 13.2 Å². The van der Waals surface area contributed by atoms with Crippen LogP contribution in [0.4, 0.5) is 13.2 Å². The third-order valence-corrected chi connectivity index (χ3v) is 3.62. The van der Waals surface area contributed by atoms with Crippen molar-refractivity contribution in [1.82, 2.24) is 4.98 Å². The molecule has 0 bridgehead atoms.